The highest BCUT2D eigenvalue weighted by atomic mass is 32.1. The maximum absolute atomic E-state index is 14.0. The van der Waals surface area contributed by atoms with Crippen LogP contribution in [0, 0.1) is 0 Å². The molecule has 8 nitrogen and oxygen atoms in total. The van der Waals surface area contributed by atoms with Crippen LogP contribution in [0.5, 0.6) is 0 Å². The normalized spacial score (nSPS) is 15.8. The minimum Gasteiger partial charge on any atom is -0.464 e. The average Bonchev–Trinajstić information content (AvgIpc) is 3.29. The highest BCUT2D eigenvalue weighted by Crippen LogP contribution is 2.52. The summed E-state index contributed by atoms with van der Waals surface area (Å²) in [6, 6.07) is 4.58. The lowest BCUT2D eigenvalue weighted by Crippen LogP contribution is -2.51. The number of amides is 1. The molecule has 0 radical (unpaired) electrons. The van der Waals surface area contributed by atoms with Crippen molar-refractivity contribution in [1.82, 2.24) is 15.0 Å². The summed E-state index contributed by atoms with van der Waals surface area (Å²) in [4.78, 5) is 26.2. The molecule has 4 rings (SSSR count). The zero-order chi connectivity index (χ0) is 31.5. The van der Waals surface area contributed by atoms with E-state index in [1.54, 1.807) is 33.0 Å². The molecule has 3 aromatic rings. The van der Waals surface area contributed by atoms with E-state index < -0.39 is 43.2 Å². The zero-order valence-electron chi connectivity index (χ0n) is 25.2. The molecule has 1 aliphatic rings. The minimum absolute atomic E-state index is 0.0139. The van der Waals surface area contributed by atoms with Crippen LogP contribution in [0.1, 0.15) is 77.1 Å². The molecule has 0 bridgehead atoms. The van der Waals surface area contributed by atoms with E-state index in [0.29, 0.717) is 10.5 Å². The van der Waals surface area contributed by atoms with Gasteiger partial charge in [0.2, 0.25) is 5.95 Å². The van der Waals surface area contributed by atoms with Crippen molar-refractivity contribution in [2.24, 2.45) is 0 Å². The molecule has 2 heterocycles. The second-order valence-electron chi connectivity index (χ2n) is 13.4. The number of halogens is 3. The van der Waals surface area contributed by atoms with Crippen molar-refractivity contribution in [1.29, 1.82) is 0 Å². The first kappa shape index (κ1) is 31.9. The SMILES string of the molecule is CC(C)(C)c1cnc(N(C(=O)O)c2cc(N)cc(-c3cnc(C4(O[Si](C)(C)C(C)(C)C)CCC4)s3)c2)nc1C(F)(F)F. The number of aromatic nitrogens is 3. The van der Waals surface area contributed by atoms with Gasteiger partial charge in [0.25, 0.3) is 0 Å². The van der Waals surface area contributed by atoms with Crippen molar-refractivity contribution in [2.75, 3.05) is 10.6 Å². The topological polar surface area (TPSA) is 114 Å². The lowest BCUT2D eigenvalue weighted by Gasteiger charge is -2.49. The number of benzene rings is 1. The van der Waals surface area contributed by atoms with Crippen molar-refractivity contribution in [3.05, 3.63) is 46.9 Å². The summed E-state index contributed by atoms with van der Waals surface area (Å²) in [6.45, 7) is 15.8. The van der Waals surface area contributed by atoms with Gasteiger partial charge in [-0.25, -0.2) is 24.6 Å². The van der Waals surface area contributed by atoms with Crippen LogP contribution in [0.15, 0.2) is 30.6 Å². The Kier molecular flexibility index (Phi) is 8.05. The van der Waals surface area contributed by atoms with E-state index in [1.807, 2.05) is 0 Å². The molecule has 0 unspecified atom stereocenters. The molecule has 1 saturated carbocycles. The van der Waals surface area contributed by atoms with Gasteiger partial charge >= 0.3 is 12.3 Å². The van der Waals surface area contributed by atoms with E-state index in [1.165, 1.54) is 23.5 Å². The van der Waals surface area contributed by atoms with Crippen LogP contribution in [-0.2, 0) is 21.6 Å². The van der Waals surface area contributed by atoms with Gasteiger partial charge in [-0.3, -0.25) is 0 Å². The molecule has 228 valence electrons. The average molecular weight is 622 g/mol. The van der Waals surface area contributed by atoms with E-state index in [2.05, 4.69) is 43.8 Å². The van der Waals surface area contributed by atoms with Crippen LogP contribution >= 0.6 is 11.3 Å². The first-order valence-electron chi connectivity index (χ1n) is 13.7. The Labute approximate surface area is 249 Å². The highest BCUT2D eigenvalue weighted by Gasteiger charge is 2.50. The molecule has 2 aromatic heterocycles. The van der Waals surface area contributed by atoms with Gasteiger partial charge in [-0.2, -0.15) is 13.2 Å². The van der Waals surface area contributed by atoms with Crippen LogP contribution in [0.25, 0.3) is 10.4 Å². The number of anilines is 3. The Morgan fingerprint density at radius 1 is 1.07 bits per heavy atom. The molecule has 0 atom stereocenters. The van der Waals surface area contributed by atoms with E-state index in [9.17, 15) is 23.1 Å². The first-order valence-corrected chi connectivity index (χ1v) is 17.4. The minimum atomic E-state index is -4.81. The van der Waals surface area contributed by atoms with Gasteiger partial charge in [0.05, 0.1) is 10.6 Å². The van der Waals surface area contributed by atoms with Crippen LogP contribution in [0.4, 0.5) is 35.3 Å². The molecule has 0 spiro atoms. The third-order valence-corrected chi connectivity index (χ3v) is 13.8. The fourth-order valence-electron chi connectivity index (χ4n) is 4.58. The lowest BCUT2D eigenvalue weighted by atomic mass is 9.81. The van der Waals surface area contributed by atoms with Gasteiger partial charge in [0, 0.05) is 23.6 Å². The van der Waals surface area contributed by atoms with Gasteiger partial charge in [0.1, 0.15) is 10.6 Å². The predicted molar refractivity (Wildman–Crippen MR) is 162 cm³/mol. The summed E-state index contributed by atoms with van der Waals surface area (Å²) >= 11 is 1.45. The third-order valence-electron chi connectivity index (χ3n) is 8.04. The van der Waals surface area contributed by atoms with Crippen LogP contribution in [-0.4, -0.2) is 34.5 Å². The zero-order valence-corrected chi connectivity index (χ0v) is 27.0. The maximum atomic E-state index is 14.0. The number of hydrogen-bond acceptors (Lipinski definition) is 7. The number of carbonyl (C=O) groups is 1. The van der Waals surface area contributed by atoms with Crippen LogP contribution in [0.2, 0.25) is 18.1 Å². The van der Waals surface area contributed by atoms with Crippen molar-refractivity contribution >= 4 is 43.1 Å². The Morgan fingerprint density at radius 3 is 2.21 bits per heavy atom. The summed E-state index contributed by atoms with van der Waals surface area (Å²) in [5, 5.41) is 11.0. The molecule has 3 N–H and O–H groups in total. The number of nitrogens with two attached hydrogens (primary N) is 1. The van der Waals surface area contributed by atoms with Crippen molar-refractivity contribution in [2.45, 2.75) is 96.1 Å². The summed E-state index contributed by atoms with van der Waals surface area (Å²) < 4.78 is 48.8. The number of nitrogens with zero attached hydrogens (tertiary/aromatic N) is 4. The van der Waals surface area contributed by atoms with Crippen LogP contribution in [0.3, 0.4) is 0 Å². The second kappa shape index (κ2) is 10.6. The molecule has 1 aromatic carbocycles. The molecule has 13 heteroatoms. The number of hydrogen-bond donors (Lipinski definition) is 2. The summed E-state index contributed by atoms with van der Waals surface area (Å²) in [7, 11) is -2.10. The number of alkyl halides is 3. The number of rotatable bonds is 6. The standard InChI is InChI=1S/C29H38F3N5O3SSi/c1-26(2,3)20-15-35-24(36-22(20)29(30,31)32)37(25(38)39)19-13-17(12-18(33)14-19)21-16-34-23(41-21)28(10-9-11-28)40-42(7,8)27(4,5)6/h12-16H,9-11,33H2,1-8H3,(H,38,39). The quantitative estimate of drug-likeness (QED) is 0.209. The molecular weight excluding hydrogens is 583 g/mol. The number of thiazole rings is 1. The van der Waals surface area contributed by atoms with Crippen LogP contribution < -0.4 is 10.6 Å². The summed E-state index contributed by atoms with van der Waals surface area (Å²) in [6.07, 6.45) is -0.860. The largest absolute Gasteiger partial charge is 0.464 e. The Balaban J connectivity index is 1.75. The van der Waals surface area contributed by atoms with Gasteiger partial charge in [-0.05, 0) is 66.6 Å². The first-order chi connectivity index (χ1) is 19.1. The molecule has 42 heavy (non-hydrogen) atoms. The van der Waals surface area contributed by atoms with E-state index in [-0.39, 0.29) is 22.0 Å². The van der Waals surface area contributed by atoms with Gasteiger partial charge in [-0.1, -0.05) is 41.5 Å². The van der Waals surface area contributed by atoms with Crippen molar-refractivity contribution in [3.63, 3.8) is 0 Å². The molecule has 1 amide bonds. The molecule has 1 fully saturated rings. The summed E-state index contributed by atoms with van der Waals surface area (Å²) in [5.74, 6) is -0.624. The van der Waals surface area contributed by atoms with Gasteiger partial charge < -0.3 is 15.3 Å². The number of nitrogen functional groups attached to an aromatic ring is 1. The monoisotopic (exact) mass is 621 g/mol. The molecule has 0 saturated heterocycles. The highest BCUT2D eigenvalue weighted by molar-refractivity contribution is 7.15. The van der Waals surface area contributed by atoms with E-state index >= 15 is 0 Å². The maximum Gasteiger partial charge on any atom is 0.433 e. The fourth-order valence-corrected chi connectivity index (χ4v) is 7.32. The number of carboxylic acid groups (broad SMARTS) is 1. The van der Waals surface area contributed by atoms with Gasteiger partial charge in [0.15, 0.2) is 14.0 Å². The van der Waals surface area contributed by atoms with Crippen molar-refractivity contribution in [3.8, 4) is 10.4 Å². The summed E-state index contributed by atoms with van der Waals surface area (Å²) in [5.41, 5.74) is 4.29. The Bertz CT molecular complexity index is 1490. The van der Waals surface area contributed by atoms with E-state index in [4.69, 9.17) is 15.1 Å². The molecule has 0 aliphatic heterocycles. The Morgan fingerprint density at radius 2 is 1.71 bits per heavy atom. The third kappa shape index (κ3) is 6.18. The Hall–Kier alpha value is -3.03. The van der Waals surface area contributed by atoms with Crippen molar-refractivity contribution < 1.29 is 27.5 Å². The predicted octanol–water partition coefficient (Wildman–Crippen LogP) is 8.72. The lowest BCUT2D eigenvalue weighted by molar-refractivity contribution is -0.142. The molecule has 1 aliphatic carbocycles. The van der Waals surface area contributed by atoms with E-state index in [0.717, 1.165) is 35.3 Å². The second-order valence-corrected chi connectivity index (χ2v) is 19.1. The van der Waals surface area contributed by atoms with Gasteiger partial charge in [-0.15, -0.1) is 11.3 Å². The molecular formula is C29H38F3N5O3SSi. The fraction of sp³-hybridized carbons (Fsp3) is 0.517. The smallest absolute Gasteiger partial charge is 0.433 e.